The number of rotatable bonds is 13. The maximum absolute atomic E-state index is 5.97. The van der Waals surface area contributed by atoms with E-state index in [4.69, 9.17) is 28.4 Å². The van der Waals surface area contributed by atoms with Crippen molar-refractivity contribution in [1.82, 2.24) is 0 Å². The van der Waals surface area contributed by atoms with Crippen LogP contribution in [0.3, 0.4) is 0 Å². The average molecular weight is 487 g/mol. The molecular formula is C30H30O6. The molecule has 2 atom stereocenters. The van der Waals surface area contributed by atoms with Crippen LogP contribution in [0.4, 0.5) is 0 Å². The van der Waals surface area contributed by atoms with Gasteiger partial charge >= 0.3 is 0 Å². The molecule has 0 saturated carbocycles. The molecule has 0 aliphatic carbocycles. The van der Waals surface area contributed by atoms with Crippen molar-refractivity contribution in [1.29, 1.82) is 0 Å². The zero-order chi connectivity index (χ0) is 24.2. The van der Waals surface area contributed by atoms with E-state index in [1.807, 2.05) is 24.3 Å². The van der Waals surface area contributed by atoms with E-state index in [0.717, 1.165) is 70.6 Å². The number of fused-ring (bicyclic) bond motifs is 2. The first kappa shape index (κ1) is 23.0. The van der Waals surface area contributed by atoms with Gasteiger partial charge in [-0.1, -0.05) is 24.3 Å². The maximum Gasteiger partial charge on any atom is 0.120 e. The Labute approximate surface area is 210 Å². The van der Waals surface area contributed by atoms with Crippen LogP contribution in [0.2, 0.25) is 0 Å². The molecule has 2 aliphatic rings. The molecule has 0 aromatic heterocycles. The summed E-state index contributed by atoms with van der Waals surface area (Å²) in [5.41, 5.74) is 0. The molecule has 2 saturated heterocycles. The Morgan fingerprint density at radius 2 is 0.833 bits per heavy atom. The van der Waals surface area contributed by atoms with Gasteiger partial charge in [-0.2, -0.15) is 0 Å². The lowest BCUT2D eigenvalue weighted by Gasteiger charge is -2.10. The first-order valence-electron chi connectivity index (χ1n) is 12.6. The lowest BCUT2D eigenvalue weighted by atomic mass is 10.1. The van der Waals surface area contributed by atoms with Crippen molar-refractivity contribution in [3.05, 3.63) is 72.8 Å². The van der Waals surface area contributed by atoms with E-state index in [-0.39, 0.29) is 12.2 Å². The minimum atomic E-state index is 0.260. The molecule has 2 fully saturated rings. The number of hydrogen-bond acceptors (Lipinski definition) is 6. The molecule has 6 rings (SSSR count). The third-order valence-electron chi connectivity index (χ3n) is 6.32. The molecule has 36 heavy (non-hydrogen) atoms. The first-order chi connectivity index (χ1) is 17.8. The van der Waals surface area contributed by atoms with Crippen LogP contribution in [0.15, 0.2) is 72.8 Å². The number of hydrogen-bond donors (Lipinski definition) is 0. The number of ether oxygens (including phenoxy) is 6. The van der Waals surface area contributed by atoms with Crippen molar-refractivity contribution >= 4 is 21.5 Å². The fourth-order valence-corrected chi connectivity index (χ4v) is 4.05. The molecule has 2 unspecified atom stereocenters. The summed E-state index contributed by atoms with van der Waals surface area (Å²) in [6.45, 7) is 4.15. The van der Waals surface area contributed by atoms with Gasteiger partial charge in [0.15, 0.2) is 0 Å². The predicted molar refractivity (Wildman–Crippen MR) is 139 cm³/mol. The highest BCUT2D eigenvalue weighted by Gasteiger charge is 2.23. The normalized spacial score (nSPS) is 18.2. The van der Waals surface area contributed by atoms with Gasteiger partial charge in [-0.3, -0.25) is 0 Å². The summed E-state index contributed by atoms with van der Waals surface area (Å²) in [7, 11) is 0. The molecule has 4 aromatic carbocycles. The molecular weight excluding hydrogens is 456 g/mol. The molecule has 6 heteroatoms. The molecule has 0 radical (unpaired) electrons. The summed E-state index contributed by atoms with van der Waals surface area (Å²) in [6, 6.07) is 24.6. The Morgan fingerprint density at radius 3 is 1.17 bits per heavy atom. The van der Waals surface area contributed by atoms with Crippen LogP contribution < -0.4 is 18.9 Å². The van der Waals surface area contributed by atoms with E-state index in [1.165, 1.54) is 0 Å². The minimum Gasteiger partial charge on any atom is -0.494 e. The average Bonchev–Trinajstić information content (AvgIpc) is 3.83. The van der Waals surface area contributed by atoms with E-state index in [0.29, 0.717) is 26.4 Å². The van der Waals surface area contributed by atoms with Crippen LogP contribution in [-0.4, -0.2) is 51.8 Å². The quantitative estimate of drug-likeness (QED) is 0.176. The standard InChI is InChI=1S/C30H30O6/c1(11-31-25-7-3-23-15-27(9-5-21(23)13-25)33-17-29-19-35-29)2-12-32-26-8-4-24-16-28(10-6-22(24)14-26)34-18-30-20-36-30/h3-10,13-16,29-30H,1-2,11-12,17-20H2. The summed E-state index contributed by atoms with van der Waals surface area (Å²) in [5, 5.41) is 4.55. The van der Waals surface area contributed by atoms with Crippen LogP contribution in [0.5, 0.6) is 23.0 Å². The third kappa shape index (κ3) is 6.20. The highest BCUT2D eigenvalue weighted by molar-refractivity contribution is 5.86. The van der Waals surface area contributed by atoms with Crippen molar-refractivity contribution in [3.8, 4) is 23.0 Å². The third-order valence-corrected chi connectivity index (χ3v) is 6.32. The van der Waals surface area contributed by atoms with Gasteiger partial charge in [0.2, 0.25) is 0 Å². The maximum atomic E-state index is 5.97. The number of epoxide rings is 2. The van der Waals surface area contributed by atoms with Crippen molar-refractivity contribution in [2.75, 3.05) is 39.6 Å². The second-order valence-electron chi connectivity index (χ2n) is 9.28. The van der Waals surface area contributed by atoms with Gasteiger partial charge in [-0.25, -0.2) is 0 Å². The summed E-state index contributed by atoms with van der Waals surface area (Å²) in [4.78, 5) is 0. The zero-order valence-electron chi connectivity index (χ0n) is 20.2. The Kier molecular flexibility index (Phi) is 6.79. The lowest BCUT2D eigenvalue weighted by molar-refractivity contribution is 0.263. The first-order valence-corrected chi connectivity index (χ1v) is 12.6. The van der Waals surface area contributed by atoms with E-state index >= 15 is 0 Å². The largest absolute Gasteiger partial charge is 0.494 e. The summed E-state index contributed by atoms with van der Waals surface area (Å²) < 4.78 is 33.9. The van der Waals surface area contributed by atoms with Crippen molar-refractivity contribution < 1.29 is 28.4 Å². The molecule has 0 amide bonds. The highest BCUT2D eigenvalue weighted by Crippen LogP contribution is 2.27. The molecule has 0 spiro atoms. The van der Waals surface area contributed by atoms with Gasteiger partial charge in [-0.15, -0.1) is 0 Å². The highest BCUT2D eigenvalue weighted by atomic mass is 16.6. The molecule has 0 N–H and O–H groups in total. The fourth-order valence-electron chi connectivity index (χ4n) is 4.05. The van der Waals surface area contributed by atoms with Crippen LogP contribution in [-0.2, 0) is 9.47 Å². The molecule has 186 valence electrons. The van der Waals surface area contributed by atoms with Crippen molar-refractivity contribution in [2.45, 2.75) is 25.0 Å². The Balaban J connectivity index is 0.926. The smallest absolute Gasteiger partial charge is 0.120 e. The van der Waals surface area contributed by atoms with Crippen LogP contribution >= 0.6 is 0 Å². The molecule has 0 bridgehead atoms. The van der Waals surface area contributed by atoms with E-state index in [2.05, 4.69) is 48.5 Å². The van der Waals surface area contributed by atoms with Gasteiger partial charge in [0.25, 0.3) is 0 Å². The summed E-state index contributed by atoms with van der Waals surface area (Å²) in [6.07, 6.45) is 2.37. The Morgan fingerprint density at radius 1 is 0.500 bits per heavy atom. The molecule has 2 heterocycles. The molecule has 2 aliphatic heterocycles. The Hall–Kier alpha value is -3.48. The number of unbranched alkanes of at least 4 members (excludes halogenated alkanes) is 1. The van der Waals surface area contributed by atoms with Crippen LogP contribution in [0.25, 0.3) is 21.5 Å². The molecule has 6 nitrogen and oxygen atoms in total. The van der Waals surface area contributed by atoms with E-state index < -0.39 is 0 Å². The van der Waals surface area contributed by atoms with Gasteiger partial charge < -0.3 is 28.4 Å². The monoisotopic (exact) mass is 486 g/mol. The lowest BCUT2D eigenvalue weighted by Crippen LogP contribution is -2.04. The number of benzene rings is 4. The van der Waals surface area contributed by atoms with Gasteiger partial charge in [0.05, 0.1) is 26.4 Å². The molecule has 4 aromatic rings. The fraction of sp³-hybridized carbons (Fsp3) is 0.333. The van der Waals surface area contributed by atoms with Crippen LogP contribution in [0.1, 0.15) is 12.8 Å². The summed E-state index contributed by atoms with van der Waals surface area (Å²) >= 11 is 0. The van der Waals surface area contributed by atoms with E-state index in [1.54, 1.807) is 0 Å². The minimum absolute atomic E-state index is 0.260. The van der Waals surface area contributed by atoms with Crippen molar-refractivity contribution in [3.63, 3.8) is 0 Å². The topological polar surface area (TPSA) is 62.0 Å². The van der Waals surface area contributed by atoms with Gasteiger partial charge in [0.1, 0.15) is 48.4 Å². The SMILES string of the molecule is c1cc2cc(OCC3CO3)ccc2cc1OCCCCOc1ccc2cc(OCC3CO3)ccc2c1. The zero-order valence-corrected chi connectivity index (χ0v) is 20.2. The van der Waals surface area contributed by atoms with Crippen molar-refractivity contribution in [2.24, 2.45) is 0 Å². The second kappa shape index (κ2) is 10.6. The van der Waals surface area contributed by atoms with E-state index in [9.17, 15) is 0 Å². The summed E-state index contributed by atoms with van der Waals surface area (Å²) in [5.74, 6) is 3.50. The van der Waals surface area contributed by atoms with Gasteiger partial charge in [0, 0.05) is 0 Å². The second-order valence-corrected chi connectivity index (χ2v) is 9.28. The predicted octanol–water partition coefficient (Wildman–Crippen LogP) is 5.79. The van der Waals surface area contributed by atoms with Gasteiger partial charge in [-0.05, 0) is 82.9 Å². The van der Waals surface area contributed by atoms with Crippen LogP contribution in [0, 0.1) is 0 Å². The Bertz CT molecular complexity index is 1220.